The average Bonchev–Trinajstić information content (AvgIpc) is 2.32. The van der Waals surface area contributed by atoms with Gasteiger partial charge in [0, 0.05) is 4.47 Å². The number of ether oxygens (including phenoxy) is 1. The minimum atomic E-state index is 0.292. The lowest BCUT2D eigenvalue weighted by atomic mass is 10.3. The van der Waals surface area contributed by atoms with Gasteiger partial charge in [0.25, 0.3) is 0 Å². The molecule has 6 heteroatoms. The Kier molecular flexibility index (Phi) is 4.20. The van der Waals surface area contributed by atoms with E-state index in [1.165, 1.54) is 0 Å². The first-order valence-corrected chi connectivity index (χ1v) is 6.26. The Bertz CT molecular complexity index is 519. The third-order valence-corrected chi connectivity index (χ3v) is 2.96. The molecule has 0 aliphatic carbocycles. The van der Waals surface area contributed by atoms with Crippen LogP contribution in [0, 0.1) is 0 Å². The molecule has 0 radical (unpaired) electrons. The van der Waals surface area contributed by atoms with Crippen molar-refractivity contribution < 1.29 is 4.74 Å². The highest BCUT2D eigenvalue weighted by atomic mass is 79.9. The molecule has 88 valence electrons. The van der Waals surface area contributed by atoms with E-state index in [2.05, 4.69) is 26.1 Å². The smallest absolute Gasteiger partial charge is 0.151 e. The highest BCUT2D eigenvalue weighted by molar-refractivity contribution is 9.10. The molecule has 0 aliphatic heterocycles. The Morgan fingerprint density at radius 1 is 1.12 bits per heavy atom. The van der Waals surface area contributed by atoms with Gasteiger partial charge in [-0.2, -0.15) is 5.10 Å². The molecule has 0 saturated carbocycles. The summed E-state index contributed by atoms with van der Waals surface area (Å²) in [5, 5.41) is 8.52. The standard InChI is InChI=1S/C11H7BrCl2N2O/c12-7-1-3-9(13)10(5-7)17-6-8-2-4-11(14)16-15-8/h1-5H,6H2. The van der Waals surface area contributed by atoms with Crippen LogP contribution < -0.4 is 4.74 Å². The predicted molar refractivity (Wildman–Crippen MR) is 70.5 cm³/mol. The summed E-state index contributed by atoms with van der Waals surface area (Å²) in [6.45, 7) is 0.292. The monoisotopic (exact) mass is 332 g/mol. The van der Waals surface area contributed by atoms with Crippen LogP contribution in [0.3, 0.4) is 0 Å². The Labute approximate surface area is 117 Å². The van der Waals surface area contributed by atoms with Gasteiger partial charge in [-0.3, -0.25) is 0 Å². The third kappa shape index (κ3) is 3.56. The summed E-state index contributed by atoms with van der Waals surface area (Å²) in [6, 6.07) is 8.81. The normalized spacial score (nSPS) is 10.3. The van der Waals surface area contributed by atoms with Crippen molar-refractivity contribution >= 4 is 39.1 Å². The van der Waals surface area contributed by atoms with E-state index in [1.54, 1.807) is 24.3 Å². The summed E-state index contributed by atoms with van der Waals surface area (Å²) in [6.07, 6.45) is 0. The van der Waals surface area contributed by atoms with Gasteiger partial charge < -0.3 is 4.74 Å². The van der Waals surface area contributed by atoms with Crippen molar-refractivity contribution in [1.82, 2.24) is 10.2 Å². The Balaban J connectivity index is 2.07. The lowest BCUT2D eigenvalue weighted by Crippen LogP contribution is -1.99. The van der Waals surface area contributed by atoms with E-state index < -0.39 is 0 Å². The molecule has 2 rings (SSSR count). The van der Waals surface area contributed by atoms with Crippen LogP contribution in [-0.4, -0.2) is 10.2 Å². The van der Waals surface area contributed by atoms with Gasteiger partial charge >= 0.3 is 0 Å². The molecule has 0 saturated heterocycles. The molecule has 3 nitrogen and oxygen atoms in total. The van der Waals surface area contributed by atoms with Gasteiger partial charge in [0.2, 0.25) is 0 Å². The maximum absolute atomic E-state index is 5.98. The number of hydrogen-bond donors (Lipinski definition) is 0. The van der Waals surface area contributed by atoms with Crippen LogP contribution in [0.15, 0.2) is 34.8 Å². The molecule has 0 unspecified atom stereocenters. The zero-order valence-corrected chi connectivity index (χ0v) is 11.6. The summed E-state index contributed by atoms with van der Waals surface area (Å²) in [4.78, 5) is 0. The maximum atomic E-state index is 5.98. The Morgan fingerprint density at radius 2 is 1.94 bits per heavy atom. The van der Waals surface area contributed by atoms with Crippen molar-refractivity contribution in [2.75, 3.05) is 0 Å². The summed E-state index contributed by atoms with van der Waals surface area (Å²) in [5.74, 6) is 0.595. The number of rotatable bonds is 3. The van der Waals surface area contributed by atoms with Crippen LogP contribution in [0.4, 0.5) is 0 Å². The van der Waals surface area contributed by atoms with Gasteiger partial charge in [-0.15, -0.1) is 5.10 Å². The first-order chi connectivity index (χ1) is 8.15. The number of aromatic nitrogens is 2. The van der Waals surface area contributed by atoms with Crippen LogP contribution in [0.25, 0.3) is 0 Å². The molecule has 0 amide bonds. The van der Waals surface area contributed by atoms with Crippen LogP contribution in [-0.2, 0) is 6.61 Å². The first kappa shape index (κ1) is 12.6. The van der Waals surface area contributed by atoms with Gasteiger partial charge in [0.05, 0.1) is 5.02 Å². The fourth-order valence-corrected chi connectivity index (χ4v) is 1.77. The molecule has 1 aromatic heterocycles. The molecule has 0 fully saturated rings. The summed E-state index contributed by atoms with van der Waals surface area (Å²) >= 11 is 15.0. The fraction of sp³-hybridized carbons (Fsp3) is 0.0909. The molecule has 0 N–H and O–H groups in total. The third-order valence-electron chi connectivity index (χ3n) is 1.96. The van der Waals surface area contributed by atoms with E-state index in [9.17, 15) is 0 Å². The van der Waals surface area contributed by atoms with E-state index in [-0.39, 0.29) is 0 Å². The molecule has 0 spiro atoms. The van der Waals surface area contributed by atoms with Crippen molar-refractivity contribution in [3.05, 3.63) is 50.7 Å². The summed E-state index contributed by atoms with van der Waals surface area (Å²) in [5.41, 5.74) is 0.686. The van der Waals surface area contributed by atoms with E-state index in [4.69, 9.17) is 27.9 Å². The van der Waals surface area contributed by atoms with Gasteiger partial charge in [-0.25, -0.2) is 0 Å². The Hall–Kier alpha value is -0.840. The van der Waals surface area contributed by atoms with Crippen molar-refractivity contribution in [3.8, 4) is 5.75 Å². The molecular weight excluding hydrogens is 327 g/mol. The largest absolute Gasteiger partial charge is 0.486 e. The fourth-order valence-electron chi connectivity index (χ4n) is 1.16. The second-order valence-electron chi connectivity index (χ2n) is 3.21. The molecule has 17 heavy (non-hydrogen) atoms. The number of halogens is 3. The number of hydrogen-bond acceptors (Lipinski definition) is 3. The van der Waals surface area contributed by atoms with Gasteiger partial charge in [-0.05, 0) is 30.3 Å². The molecule has 0 atom stereocenters. The molecule has 0 aliphatic rings. The van der Waals surface area contributed by atoms with Crippen molar-refractivity contribution in [3.63, 3.8) is 0 Å². The van der Waals surface area contributed by atoms with Crippen LogP contribution in [0.5, 0.6) is 5.75 Å². The summed E-state index contributed by atoms with van der Waals surface area (Å²) < 4.78 is 6.44. The predicted octanol–water partition coefficient (Wildman–Crippen LogP) is 4.12. The van der Waals surface area contributed by atoms with Crippen LogP contribution in [0.1, 0.15) is 5.69 Å². The topological polar surface area (TPSA) is 35.0 Å². The van der Waals surface area contributed by atoms with E-state index in [0.717, 1.165) is 4.47 Å². The quantitative estimate of drug-likeness (QED) is 0.847. The second kappa shape index (κ2) is 5.67. The van der Waals surface area contributed by atoms with Gasteiger partial charge in [0.15, 0.2) is 5.15 Å². The zero-order valence-electron chi connectivity index (χ0n) is 8.53. The molecular formula is C11H7BrCl2N2O. The minimum absolute atomic E-state index is 0.292. The van der Waals surface area contributed by atoms with Gasteiger partial charge in [0.1, 0.15) is 18.1 Å². The second-order valence-corrected chi connectivity index (χ2v) is 4.92. The van der Waals surface area contributed by atoms with Crippen molar-refractivity contribution in [2.24, 2.45) is 0 Å². The maximum Gasteiger partial charge on any atom is 0.151 e. The lowest BCUT2D eigenvalue weighted by molar-refractivity contribution is 0.300. The van der Waals surface area contributed by atoms with Gasteiger partial charge in [-0.1, -0.05) is 39.1 Å². The molecule has 1 heterocycles. The highest BCUT2D eigenvalue weighted by Gasteiger charge is 2.03. The zero-order chi connectivity index (χ0) is 12.3. The number of nitrogens with zero attached hydrogens (tertiary/aromatic N) is 2. The van der Waals surface area contributed by atoms with E-state index in [1.807, 2.05) is 6.07 Å². The highest BCUT2D eigenvalue weighted by Crippen LogP contribution is 2.28. The molecule has 2 aromatic rings. The van der Waals surface area contributed by atoms with E-state index >= 15 is 0 Å². The first-order valence-electron chi connectivity index (χ1n) is 4.71. The van der Waals surface area contributed by atoms with Crippen molar-refractivity contribution in [1.29, 1.82) is 0 Å². The van der Waals surface area contributed by atoms with Crippen LogP contribution >= 0.6 is 39.1 Å². The molecule has 1 aromatic carbocycles. The minimum Gasteiger partial charge on any atom is -0.486 e. The number of benzene rings is 1. The lowest BCUT2D eigenvalue weighted by Gasteiger charge is -2.07. The van der Waals surface area contributed by atoms with Crippen molar-refractivity contribution in [2.45, 2.75) is 6.61 Å². The van der Waals surface area contributed by atoms with E-state index in [0.29, 0.717) is 28.2 Å². The Morgan fingerprint density at radius 3 is 2.65 bits per heavy atom. The summed E-state index contributed by atoms with van der Waals surface area (Å²) in [7, 11) is 0. The van der Waals surface area contributed by atoms with Crippen LogP contribution in [0.2, 0.25) is 10.2 Å². The SMILES string of the molecule is Clc1ccc(COc2cc(Br)ccc2Cl)nn1. The average molecular weight is 334 g/mol. The molecule has 0 bridgehead atoms.